The highest BCUT2D eigenvalue weighted by atomic mass is 32.2. The standard InChI is InChI=1S/C32H28F3NO7S/c1-41-30(37)28-20-27(16-17-29(28)43-22-24-10-6-3-7-11-24)44(39,40)26-14-12-25(13-15-26)42-19-18-36(31(38)32(33,34)35)21-23-8-4-2-5-9-23/h2-17,20H,18-19,21-22H2,1H3. The zero-order valence-electron chi connectivity index (χ0n) is 23.5. The van der Waals surface area contributed by atoms with Crippen molar-refractivity contribution in [1.29, 1.82) is 0 Å². The molecule has 4 aromatic rings. The molecule has 44 heavy (non-hydrogen) atoms. The highest BCUT2D eigenvalue weighted by Crippen LogP contribution is 2.29. The molecule has 0 saturated heterocycles. The van der Waals surface area contributed by atoms with Crippen molar-refractivity contribution in [2.24, 2.45) is 0 Å². The molecule has 0 aliphatic rings. The smallest absolute Gasteiger partial charge is 0.471 e. The van der Waals surface area contributed by atoms with Gasteiger partial charge in [0.25, 0.3) is 0 Å². The maximum Gasteiger partial charge on any atom is 0.471 e. The first-order valence-electron chi connectivity index (χ1n) is 13.3. The summed E-state index contributed by atoms with van der Waals surface area (Å²) in [6, 6.07) is 26.5. The van der Waals surface area contributed by atoms with Gasteiger partial charge in [0.1, 0.15) is 30.3 Å². The number of carbonyl (C=O) groups is 2. The number of benzene rings is 4. The second-order valence-electron chi connectivity index (χ2n) is 9.46. The van der Waals surface area contributed by atoms with Crippen LogP contribution in [0.2, 0.25) is 0 Å². The van der Waals surface area contributed by atoms with Gasteiger partial charge in [-0.15, -0.1) is 0 Å². The molecule has 1 amide bonds. The SMILES string of the molecule is COC(=O)c1cc(S(=O)(=O)c2ccc(OCCN(Cc3ccccc3)C(=O)C(F)(F)F)cc2)ccc1OCc1ccccc1. The van der Waals surface area contributed by atoms with E-state index in [1.807, 2.05) is 30.3 Å². The van der Waals surface area contributed by atoms with Gasteiger partial charge < -0.3 is 19.1 Å². The zero-order valence-corrected chi connectivity index (χ0v) is 24.3. The summed E-state index contributed by atoms with van der Waals surface area (Å²) >= 11 is 0. The quantitative estimate of drug-likeness (QED) is 0.182. The maximum absolute atomic E-state index is 13.4. The molecule has 4 rings (SSSR count). The first kappa shape index (κ1) is 32.1. The van der Waals surface area contributed by atoms with Gasteiger partial charge in [-0.05, 0) is 53.6 Å². The molecule has 0 radical (unpaired) electrons. The summed E-state index contributed by atoms with van der Waals surface area (Å²) in [7, 11) is -2.93. The lowest BCUT2D eigenvalue weighted by atomic mass is 10.2. The van der Waals surface area contributed by atoms with Gasteiger partial charge in [-0.2, -0.15) is 13.2 Å². The van der Waals surface area contributed by atoms with Gasteiger partial charge in [0.05, 0.1) is 23.4 Å². The predicted molar refractivity (Wildman–Crippen MR) is 154 cm³/mol. The second kappa shape index (κ2) is 14.1. The summed E-state index contributed by atoms with van der Waals surface area (Å²) in [6.07, 6.45) is -5.05. The average Bonchev–Trinajstić information content (AvgIpc) is 3.03. The van der Waals surface area contributed by atoms with Crippen LogP contribution in [-0.4, -0.2) is 51.6 Å². The molecule has 8 nitrogen and oxygen atoms in total. The fourth-order valence-corrected chi connectivity index (χ4v) is 5.45. The van der Waals surface area contributed by atoms with E-state index in [4.69, 9.17) is 14.2 Å². The number of esters is 1. The first-order chi connectivity index (χ1) is 21.0. The number of hydrogen-bond donors (Lipinski definition) is 0. The van der Waals surface area contributed by atoms with Gasteiger partial charge in [-0.25, -0.2) is 13.2 Å². The Labute approximate surface area is 252 Å². The molecular weight excluding hydrogens is 599 g/mol. The number of amides is 1. The molecule has 0 saturated carbocycles. The van der Waals surface area contributed by atoms with Crippen molar-refractivity contribution in [3.63, 3.8) is 0 Å². The number of methoxy groups -OCH3 is 1. The minimum absolute atomic E-state index is 0.0714. The fourth-order valence-electron chi connectivity index (χ4n) is 4.17. The number of halogens is 3. The first-order valence-corrected chi connectivity index (χ1v) is 14.7. The Morgan fingerprint density at radius 1 is 0.773 bits per heavy atom. The molecule has 0 heterocycles. The number of hydrogen-bond acceptors (Lipinski definition) is 7. The van der Waals surface area contributed by atoms with Crippen LogP contribution in [-0.2, 0) is 32.5 Å². The normalized spacial score (nSPS) is 11.5. The lowest BCUT2D eigenvalue weighted by Gasteiger charge is -2.24. The lowest BCUT2D eigenvalue weighted by molar-refractivity contribution is -0.186. The molecule has 0 aliphatic carbocycles. The summed E-state index contributed by atoms with van der Waals surface area (Å²) in [4.78, 5) is 24.7. The number of nitrogens with zero attached hydrogens (tertiary/aromatic N) is 1. The fraction of sp³-hybridized carbons (Fsp3) is 0.188. The van der Waals surface area contributed by atoms with Crippen LogP contribution >= 0.6 is 0 Å². The minimum Gasteiger partial charge on any atom is -0.492 e. The molecule has 12 heteroatoms. The van der Waals surface area contributed by atoms with E-state index in [0.717, 1.165) is 5.56 Å². The number of carbonyl (C=O) groups excluding carboxylic acids is 2. The summed E-state index contributed by atoms with van der Waals surface area (Å²) in [5.74, 6) is -2.44. The highest BCUT2D eigenvalue weighted by Gasteiger charge is 2.42. The van der Waals surface area contributed by atoms with Crippen LogP contribution < -0.4 is 9.47 Å². The Bertz CT molecular complexity index is 1680. The van der Waals surface area contributed by atoms with Gasteiger partial charge in [0, 0.05) is 6.54 Å². The van der Waals surface area contributed by atoms with Gasteiger partial charge in [-0.1, -0.05) is 60.7 Å². The Hall–Kier alpha value is -4.84. The molecule has 230 valence electrons. The monoisotopic (exact) mass is 627 g/mol. The molecule has 0 fully saturated rings. The summed E-state index contributed by atoms with van der Waals surface area (Å²) < 4.78 is 82.3. The minimum atomic E-state index is -5.05. The van der Waals surface area contributed by atoms with Crippen molar-refractivity contribution in [2.45, 2.75) is 29.1 Å². The molecule has 0 spiro atoms. The van der Waals surface area contributed by atoms with Crippen molar-refractivity contribution in [2.75, 3.05) is 20.3 Å². The van der Waals surface area contributed by atoms with Crippen LogP contribution in [0.15, 0.2) is 113 Å². The highest BCUT2D eigenvalue weighted by molar-refractivity contribution is 7.91. The van der Waals surface area contributed by atoms with Gasteiger partial charge in [0.2, 0.25) is 9.84 Å². The topological polar surface area (TPSA) is 99.2 Å². The molecule has 0 aromatic heterocycles. The second-order valence-corrected chi connectivity index (χ2v) is 11.4. The van der Waals surface area contributed by atoms with E-state index in [9.17, 15) is 31.2 Å². The van der Waals surface area contributed by atoms with Crippen LogP contribution in [0.3, 0.4) is 0 Å². The number of ether oxygens (including phenoxy) is 3. The number of sulfone groups is 1. The predicted octanol–water partition coefficient (Wildman–Crippen LogP) is 5.85. The zero-order chi connectivity index (χ0) is 31.7. The molecule has 0 aliphatic heterocycles. The Kier molecular flexibility index (Phi) is 10.3. The van der Waals surface area contributed by atoms with Crippen molar-refractivity contribution in [3.05, 3.63) is 120 Å². The van der Waals surface area contributed by atoms with Gasteiger partial charge in [0.15, 0.2) is 0 Å². The molecular formula is C32H28F3NO7S. The van der Waals surface area contributed by atoms with Crippen LogP contribution in [0.1, 0.15) is 21.5 Å². The van der Waals surface area contributed by atoms with E-state index in [1.54, 1.807) is 30.3 Å². The Morgan fingerprint density at radius 3 is 1.95 bits per heavy atom. The van der Waals surface area contributed by atoms with Crippen molar-refractivity contribution in [1.82, 2.24) is 4.90 Å². The van der Waals surface area contributed by atoms with Crippen LogP contribution in [0.4, 0.5) is 13.2 Å². The van der Waals surface area contributed by atoms with E-state index in [0.29, 0.717) is 10.5 Å². The van der Waals surface area contributed by atoms with E-state index in [1.165, 1.54) is 49.6 Å². The molecule has 0 N–H and O–H groups in total. The Morgan fingerprint density at radius 2 is 1.36 bits per heavy atom. The summed E-state index contributed by atoms with van der Waals surface area (Å²) in [6.45, 7) is -0.744. The third-order valence-electron chi connectivity index (χ3n) is 6.41. The Balaban J connectivity index is 1.45. The molecule has 0 atom stereocenters. The van der Waals surface area contributed by atoms with E-state index < -0.39 is 27.9 Å². The van der Waals surface area contributed by atoms with Crippen molar-refractivity contribution in [3.8, 4) is 11.5 Å². The number of alkyl halides is 3. The van der Waals surface area contributed by atoms with Gasteiger partial charge >= 0.3 is 18.1 Å². The maximum atomic E-state index is 13.4. The van der Waals surface area contributed by atoms with Crippen LogP contribution in [0.5, 0.6) is 11.5 Å². The lowest BCUT2D eigenvalue weighted by Crippen LogP contribution is -2.42. The third-order valence-corrected chi connectivity index (χ3v) is 8.18. The average molecular weight is 628 g/mol. The summed E-state index contributed by atoms with van der Waals surface area (Å²) in [5, 5.41) is 0. The van der Waals surface area contributed by atoms with Crippen LogP contribution in [0, 0.1) is 0 Å². The van der Waals surface area contributed by atoms with Crippen molar-refractivity contribution < 1.29 is 45.4 Å². The van der Waals surface area contributed by atoms with E-state index >= 15 is 0 Å². The van der Waals surface area contributed by atoms with E-state index in [-0.39, 0.29) is 53.2 Å². The van der Waals surface area contributed by atoms with Crippen LogP contribution in [0.25, 0.3) is 0 Å². The van der Waals surface area contributed by atoms with Gasteiger partial charge in [-0.3, -0.25) is 4.79 Å². The third kappa shape index (κ3) is 8.16. The molecule has 0 bridgehead atoms. The molecule has 0 unspecified atom stereocenters. The summed E-state index contributed by atoms with van der Waals surface area (Å²) in [5.41, 5.74) is 1.29. The number of rotatable bonds is 12. The van der Waals surface area contributed by atoms with Crippen molar-refractivity contribution >= 4 is 21.7 Å². The molecule has 4 aromatic carbocycles. The van der Waals surface area contributed by atoms with E-state index in [2.05, 4.69) is 0 Å². The largest absolute Gasteiger partial charge is 0.492 e.